The number of hydrogen-bond donors (Lipinski definition) is 1. The van der Waals surface area contributed by atoms with Crippen molar-refractivity contribution in [2.75, 3.05) is 19.0 Å². The third-order valence-corrected chi connectivity index (χ3v) is 3.47. The second-order valence-electron chi connectivity index (χ2n) is 3.92. The maximum Gasteiger partial charge on any atom is 0.132 e. The van der Waals surface area contributed by atoms with Crippen LogP contribution in [0.2, 0.25) is 0 Å². The first-order chi connectivity index (χ1) is 9.33. The van der Waals surface area contributed by atoms with Crippen LogP contribution in [0, 0.1) is 0 Å². The van der Waals surface area contributed by atoms with E-state index in [4.69, 9.17) is 4.74 Å². The van der Waals surface area contributed by atoms with Gasteiger partial charge in [0.15, 0.2) is 0 Å². The van der Waals surface area contributed by atoms with Crippen molar-refractivity contribution in [1.29, 1.82) is 0 Å². The van der Waals surface area contributed by atoms with Crippen LogP contribution >= 0.6 is 11.8 Å². The highest BCUT2D eigenvalue weighted by Gasteiger charge is 2.06. The first kappa shape index (κ1) is 13.7. The minimum atomic E-state index is 0.856. The molecule has 0 radical (unpaired) electrons. The molecule has 1 aromatic carbocycles. The molecule has 5 heteroatoms. The van der Waals surface area contributed by atoms with E-state index in [1.54, 1.807) is 25.2 Å². The summed E-state index contributed by atoms with van der Waals surface area (Å²) in [6.07, 6.45) is 2.65. The molecule has 0 amide bonds. The van der Waals surface area contributed by atoms with Gasteiger partial charge in [0.05, 0.1) is 12.0 Å². The van der Waals surface area contributed by atoms with Crippen LogP contribution in [0.1, 0.15) is 13.3 Å². The van der Waals surface area contributed by atoms with Crippen molar-refractivity contribution < 1.29 is 4.74 Å². The summed E-state index contributed by atoms with van der Waals surface area (Å²) in [5.41, 5.74) is 0. The van der Waals surface area contributed by atoms with Crippen LogP contribution in [0.25, 0.3) is 0 Å². The molecule has 100 valence electrons. The lowest BCUT2D eigenvalue weighted by molar-refractivity contribution is 0.405. The number of nitrogens with one attached hydrogen (secondary N) is 1. The summed E-state index contributed by atoms with van der Waals surface area (Å²) in [6.45, 7) is 3.04. The monoisotopic (exact) mass is 275 g/mol. The van der Waals surface area contributed by atoms with Crippen LogP contribution in [-0.2, 0) is 0 Å². The summed E-state index contributed by atoms with van der Waals surface area (Å²) in [5.74, 6) is 1.71. The van der Waals surface area contributed by atoms with Crippen molar-refractivity contribution in [2.24, 2.45) is 0 Å². The summed E-state index contributed by atoms with van der Waals surface area (Å²) in [5, 5.41) is 4.15. The average Bonchev–Trinajstić information content (AvgIpc) is 2.46. The Morgan fingerprint density at radius 3 is 2.89 bits per heavy atom. The van der Waals surface area contributed by atoms with Crippen LogP contribution in [0.5, 0.6) is 5.75 Å². The van der Waals surface area contributed by atoms with Gasteiger partial charge in [0.2, 0.25) is 0 Å². The zero-order valence-electron chi connectivity index (χ0n) is 11.1. The van der Waals surface area contributed by atoms with Gasteiger partial charge in [-0.2, -0.15) is 0 Å². The number of hydrogen-bond acceptors (Lipinski definition) is 5. The fraction of sp³-hybridized carbons (Fsp3) is 0.286. The Balaban J connectivity index is 2.14. The van der Waals surface area contributed by atoms with Crippen molar-refractivity contribution in [1.82, 2.24) is 9.97 Å². The van der Waals surface area contributed by atoms with Gasteiger partial charge in [-0.3, -0.25) is 0 Å². The van der Waals surface area contributed by atoms with Crippen molar-refractivity contribution in [3.05, 3.63) is 36.7 Å². The van der Waals surface area contributed by atoms with E-state index in [0.29, 0.717) is 0 Å². The summed E-state index contributed by atoms with van der Waals surface area (Å²) >= 11 is 1.57. The molecule has 0 saturated heterocycles. The Hall–Kier alpha value is -1.75. The van der Waals surface area contributed by atoms with Gasteiger partial charge in [-0.15, -0.1) is 0 Å². The van der Waals surface area contributed by atoms with E-state index in [9.17, 15) is 0 Å². The van der Waals surface area contributed by atoms with Crippen LogP contribution < -0.4 is 10.1 Å². The van der Waals surface area contributed by atoms with Crippen molar-refractivity contribution in [3.63, 3.8) is 0 Å². The van der Waals surface area contributed by atoms with Crippen LogP contribution in [0.15, 0.2) is 46.6 Å². The Bertz CT molecular complexity index is 534. The maximum atomic E-state index is 5.33. The van der Waals surface area contributed by atoms with Crippen LogP contribution in [0.3, 0.4) is 0 Å². The third kappa shape index (κ3) is 3.86. The minimum absolute atomic E-state index is 0.856. The second kappa shape index (κ2) is 6.99. The average molecular weight is 275 g/mol. The standard InChI is InChI=1S/C14H17N3OS/c1-3-8-15-13-9-14(17-10-16-13)19-12-7-5-4-6-11(12)18-2/h4-7,9-10H,3,8H2,1-2H3,(H,15,16,17). The highest BCUT2D eigenvalue weighted by Crippen LogP contribution is 2.33. The van der Waals surface area contributed by atoms with E-state index >= 15 is 0 Å². The van der Waals surface area contributed by atoms with Crippen molar-refractivity contribution >= 4 is 17.6 Å². The molecule has 2 aromatic rings. The van der Waals surface area contributed by atoms with E-state index in [2.05, 4.69) is 22.2 Å². The molecule has 0 fully saturated rings. The lowest BCUT2D eigenvalue weighted by Gasteiger charge is -2.08. The predicted molar refractivity (Wildman–Crippen MR) is 77.9 cm³/mol. The Kier molecular flexibility index (Phi) is 5.03. The molecule has 1 heterocycles. The van der Waals surface area contributed by atoms with Crippen LogP contribution in [0.4, 0.5) is 5.82 Å². The van der Waals surface area contributed by atoms with Crippen LogP contribution in [-0.4, -0.2) is 23.6 Å². The van der Waals surface area contributed by atoms with E-state index in [-0.39, 0.29) is 0 Å². The van der Waals surface area contributed by atoms with Gasteiger partial charge >= 0.3 is 0 Å². The molecule has 4 nitrogen and oxygen atoms in total. The molecular formula is C14H17N3OS. The highest BCUT2D eigenvalue weighted by atomic mass is 32.2. The molecule has 0 unspecified atom stereocenters. The quantitative estimate of drug-likeness (QED) is 0.818. The van der Waals surface area contributed by atoms with Gasteiger partial charge in [-0.25, -0.2) is 9.97 Å². The number of ether oxygens (including phenoxy) is 1. The topological polar surface area (TPSA) is 47.0 Å². The molecule has 1 aromatic heterocycles. The van der Waals surface area contributed by atoms with E-state index in [1.807, 2.05) is 30.3 Å². The second-order valence-corrected chi connectivity index (χ2v) is 4.98. The first-order valence-electron chi connectivity index (χ1n) is 6.20. The summed E-state index contributed by atoms with van der Waals surface area (Å²) in [4.78, 5) is 9.52. The SMILES string of the molecule is CCCNc1cc(Sc2ccccc2OC)ncn1. The predicted octanol–water partition coefficient (Wildman–Crippen LogP) is 3.46. The molecule has 0 atom stereocenters. The Labute approximate surface area is 117 Å². The minimum Gasteiger partial charge on any atom is -0.496 e. The molecule has 0 aliphatic rings. The summed E-state index contributed by atoms with van der Waals surface area (Å²) in [7, 11) is 1.67. The molecule has 0 aliphatic heterocycles. The fourth-order valence-corrected chi connectivity index (χ4v) is 2.46. The zero-order valence-corrected chi connectivity index (χ0v) is 11.9. The number of methoxy groups -OCH3 is 1. The number of aromatic nitrogens is 2. The number of para-hydroxylation sites is 1. The largest absolute Gasteiger partial charge is 0.496 e. The lowest BCUT2D eigenvalue weighted by Crippen LogP contribution is -2.02. The molecule has 1 N–H and O–H groups in total. The molecule has 2 rings (SSSR count). The first-order valence-corrected chi connectivity index (χ1v) is 7.02. The molecule has 0 aliphatic carbocycles. The van der Waals surface area contributed by atoms with Crippen molar-refractivity contribution in [2.45, 2.75) is 23.3 Å². The highest BCUT2D eigenvalue weighted by molar-refractivity contribution is 7.99. The number of benzene rings is 1. The Morgan fingerprint density at radius 2 is 2.11 bits per heavy atom. The smallest absolute Gasteiger partial charge is 0.132 e. The summed E-state index contributed by atoms with van der Waals surface area (Å²) < 4.78 is 5.33. The molecular weight excluding hydrogens is 258 g/mol. The number of nitrogens with zero attached hydrogens (tertiary/aromatic N) is 2. The molecule has 0 bridgehead atoms. The van der Waals surface area contributed by atoms with Crippen molar-refractivity contribution in [3.8, 4) is 5.75 Å². The van der Waals surface area contributed by atoms with E-state index in [1.165, 1.54) is 0 Å². The third-order valence-electron chi connectivity index (χ3n) is 2.48. The zero-order chi connectivity index (χ0) is 13.5. The maximum absolute atomic E-state index is 5.33. The van der Waals surface area contributed by atoms with Gasteiger partial charge in [-0.05, 0) is 18.6 Å². The van der Waals surface area contributed by atoms with Gasteiger partial charge in [-0.1, -0.05) is 30.8 Å². The van der Waals surface area contributed by atoms with E-state index in [0.717, 1.165) is 34.5 Å². The normalized spacial score (nSPS) is 10.2. The molecule has 19 heavy (non-hydrogen) atoms. The molecule has 0 saturated carbocycles. The lowest BCUT2D eigenvalue weighted by atomic mass is 10.3. The Morgan fingerprint density at radius 1 is 1.26 bits per heavy atom. The van der Waals surface area contributed by atoms with Gasteiger partial charge in [0.1, 0.15) is 22.9 Å². The van der Waals surface area contributed by atoms with E-state index < -0.39 is 0 Å². The summed E-state index contributed by atoms with van der Waals surface area (Å²) in [6, 6.07) is 9.86. The number of anilines is 1. The van der Waals surface area contributed by atoms with Gasteiger partial charge in [0.25, 0.3) is 0 Å². The molecule has 0 spiro atoms. The van der Waals surface area contributed by atoms with Gasteiger partial charge < -0.3 is 10.1 Å². The van der Waals surface area contributed by atoms with Gasteiger partial charge in [0, 0.05) is 12.6 Å². The fourth-order valence-electron chi connectivity index (χ4n) is 1.56. The number of rotatable bonds is 6.